The highest BCUT2D eigenvalue weighted by molar-refractivity contribution is 6.99. The molecule has 2 aromatic carbocycles. The van der Waals surface area contributed by atoms with Crippen molar-refractivity contribution in [2.75, 3.05) is 13.2 Å². The van der Waals surface area contributed by atoms with Crippen molar-refractivity contribution in [3.05, 3.63) is 73.3 Å². The summed E-state index contributed by atoms with van der Waals surface area (Å²) in [5, 5.41) is 33.6. The van der Waals surface area contributed by atoms with Gasteiger partial charge in [0.05, 0.1) is 13.2 Å². The van der Waals surface area contributed by atoms with Crippen LogP contribution >= 0.6 is 0 Å². The third-order valence-corrected chi connectivity index (χ3v) is 11.4. The summed E-state index contributed by atoms with van der Waals surface area (Å²) in [5.74, 6) is 0. The van der Waals surface area contributed by atoms with E-state index in [1.54, 1.807) is 6.08 Å². The van der Waals surface area contributed by atoms with Gasteiger partial charge in [-0.15, -0.1) is 6.58 Å². The van der Waals surface area contributed by atoms with Gasteiger partial charge in [-0.05, 0) is 28.3 Å². The summed E-state index contributed by atoms with van der Waals surface area (Å²) < 4.78 is 18.5. The fourth-order valence-corrected chi connectivity index (χ4v) is 9.16. The molecule has 5 atom stereocenters. The first kappa shape index (κ1) is 26.8. The topological polar surface area (TPSA) is 88.4 Å². The Bertz CT molecular complexity index is 845. The van der Waals surface area contributed by atoms with E-state index in [1.165, 1.54) is 0 Å². The Morgan fingerprint density at radius 1 is 0.912 bits per heavy atom. The molecule has 2 aromatic rings. The highest BCUT2D eigenvalue weighted by Crippen LogP contribution is 2.37. The third-order valence-electron chi connectivity index (χ3n) is 6.38. The van der Waals surface area contributed by atoms with Crippen LogP contribution in [0.5, 0.6) is 0 Å². The second-order valence-corrected chi connectivity index (χ2v) is 14.1. The first-order valence-corrected chi connectivity index (χ1v) is 13.8. The number of aliphatic hydroxyl groups excluding tert-OH is 3. The molecule has 3 N–H and O–H groups in total. The van der Waals surface area contributed by atoms with Gasteiger partial charge in [-0.25, -0.2) is 0 Å². The van der Waals surface area contributed by atoms with Gasteiger partial charge in [0.1, 0.15) is 24.4 Å². The number of benzene rings is 2. The average Bonchev–Trinajstić information content (AvgIpc) is 2.83. The predicted molar refractivity (Wildman–Crippen MR) is 136 cm³/mol. The Hall–Kier alpha value is -1.84. The van der Waals surface area contributed by atoms with Crippen LogP contribution in [0.4, 0.5) is 0 Å². The molecule has 1 fully saturated rings. The smallest absolute Gasteiger partial charge is 0.261 e. The zero-order chi connectivity index (χ0) is 24.8. The van der Waals surface area contributed by atoms with Crippen LogP contribution in [0.2, 0.25) is 5.04 Å². The van der Waals surface area contributed by atoms with E-state index >= 15 is 0 Å². The van der Waals surface area contributed by atoms with Crippen LogP contribution in [0.25, 0.3) is 0 Å². The number of rotatable bonds is 10. The molecule has 0 aliphatic carbocycles. The van der Waals surface area contributed by atoms with Crippen molar-refractivity contribution in [3.8, 4) is 0 Å². The quantitative estimate of drug-likeness (QED) is 0.271. The maximum atomic E-state index is 10.7. The van der Waals surface area contributed by atoms with Crippen LogP contribution in [0.3, 0.4) is 0 Å². The molecule has 0 bridgehead atoms. The Morgan fingerprint density at radius 3 is 1.97 bits per heavy atom. The molecule has 6 nitrogen and oxygen atoms in total. The van der Waals surface area contributed by atoms with Crippen LogP contribution in [-0.4, -0.2) is 67.6 Å². The SMILES string of the molecule is C=CCCCO[C@H]1O[C@H](CO[Si](c2ccccc2)(c2ccccc2)C(C)(C)C)[C@@H](O)[C@H](O)[C@H]1O. The zero-order valence-electron chi connectivity index (χ0n) is 20.3. The van der Waals surface area contributed by atoms with Crippen molar-refractivity contribution >= 4 is 18.7 Å². The van der Waals surface area contributed by atoms with Crippen LogP contribution in [-0.2, 0) is 13.9 Å². The highest BCUT2D eigenvalue weighted by Gasteiger charge is 2.52. The third kappa shape index (κ3) is 5.68. The van der Waals surface area contributed by atoms with E-state index < -0.39 is 39.0 Å². The Morgan fingerprint density at radius 2 is 1.47 bits per heavy atom. The average molecular weight is 487 g/mol. The largest absolute Gasteiger partial charge is 0.405 e. The molecule has 0 spiro atoms. The second-order valence-electron chi connectivity index (χ2n) is 9.79. The summed E-state index contributed by atoms with van der Waals surface area (Å²) in [7, 11) is -2.85. The molecule has 186 valence electrons. The minimum atomic E-state index is -2.85. The summed E-state index contributed by atoms with van der Waals surface area (Å²) in [6.07, 6.45) is -2.66. The molecule has 0 amide bonds. The van der Waals surface area contributed by atoms with E-state index in [1.807, 2.05) is 36.4 Å². The molecule has 1 heterocycles. The van der Waals surface area contributed by atoms with Crippen molar-refractivity contribution < 1.29 is 29.2 Å². The Labute approximate surface area is 203 Å². The Kier molecular flexibility index (Phi) is 9.23. The number of unbranched alkanes of at least 4 members (excludes halogenated alkanes) is 1. The second kappa shape index (κ2) is 11.7. The maximum Gasteiger partial charge on any atom is 0.261 e. The lowest BCUT2D eigenvalue weighted by Crippen LogP contribution is -2.68. The summed E-state index contributed by atoms with van der Waals surface area (Å²) in [4.78, 5) is 0. The normalized spacial score (nSPS) is 25.8. The molecular weight excluding hydrogens is 448 g/mol. The van der Waals surface area contributed by atoms with Crippen LogP contribution in [0.1, 0.15) is 33.6 Å². The van der Waals surface area contributed by atoms with Crippen LogP contribution in [0, 0.1) is 0 Å². The molecule has 1 saturated heterocycles. The fraction of sp³-hybridized carbons (Fsp3) is 0.481. The van der Waals surface area contributed by atoms with Crippen molar-refractivity contribution in [2.45, 2.75) is 69.4 Å². The lowest BCUT2D eigenvalue weighted by atomic mass is 9.99. The first-order chi connectivity index (χ1) is 16.2. The van der Waals surface area contributed by atoms with Gasteiger partial charge in [-0.2, -0.15) is 0 Å². The molecule has 1 aliphatic heterocycles. The molecule has 0 aromatic heterocycles. The summed E-state index contributed by atoms with van der Waals surface area (Å²) in [5.41, 5.74) is 0. The number of ether oxygens (including phenoxy) is 2. The van der Waals surface area contributed by atoms with Crippen molar-refractivity contribution in [1.29, 1.82) is 0 Å². The lowest BCUT2D eigenvalue weighted by molar-refractivity contribution is -0.300. The monoisotopic (exact) mass is 486 g/mol. The number of hydrogen-bond acceptors (Lipinski definition) is 6. The molecular formula is C27H38O6Si. The van der Waals surface area contributed by atoms with E-state index in [9.17, 15) is 15.3 Å². The highest BCUT2D eigenvalue weighted by atomic mass is 28.4. The van der Waals surface area contributed by atoms with Gasteiger partial charge in [0.2, 0.25) is 0 Å². The Balaban J connectivity index is 1.89. The van der Waals surface area contributed by atoms with Gasteiger partial charge in [0.25, 0.3) is 8.32 Å². The minimum absolute atomic E-state index is 0.0464. The minimum Gasteiger partial charge on any atom is -0.405 e. The standard InChI is InChI=1S/C27H38O6Si/c1-5-6-13-18-31-26-25(30)24(29)23(28)22(33-26)19-32-34(27(2,3)4,20-14-9-7-10-15-20)21-16-11-8-12-17-21/h5,7-12,14-17,22-26,28-30H,1,6,13,18-19H2,2-4H3/t22-,23-,24+,25-,26+/m1/s1. The van der Waals surface area contributed by atoms with Gasteiger partial charge in [0, 0.05) is 0 Å². The number of hydrogen-bond donors (Lipinski definition) is 3. The first-order valence-electron chi connectivity index (χ1n) is 11.9. The molecule has 0 unspecified atom stereocenters. The molecule has 0 radical (unpaired) electrons. The van der Waals surface area contributed by atoms with Crippen molar-refractivity contribution in [2.24, 2.45) is 0 Å². The number of allylic oxidation sites excluding steroid dienone is 1. The molecule has 3 rings (SSSR count). The lowest BCUT2D eigenvalue weighted by Gasteiger charge is -2.45. The van der Waals surface area contributed by atoms with Gasteiger partial charge < -0.3 is 29.2 Å². The predicted octanol–water partition coefficient (Wildman–Crippen LogP) is 2.35. The van der Waals surface area contributed by atoms with Crippen LogP contribution in [0.15, 0.2) is 73.3 Å². The van der Waals surface area contributed by atoms with E-state index in [2.05, 4.69) is 51.6 Å². The van der Waals surface area contributed by atoms with Gasteiger partial charge >= 0.3 is 0 Å². The van der Waals surface area contributed by atoms with Crippen molar-refractivity contribution in [3.63, 3.8) is 0 Å². The summed E-state index contributed by atoms with van der Waals surface area (Å²) >= 11 is 0. The number of aliphatic hydroxyl groups is 3. The van der Waals surface area contributed by atoms with E-state index in [-0.39, 0.29) is 11.6 Å². The molecule has 1 aliphatic rings. The maximum absolute atomic E-state index is 10.7. The van der Waals surface area contributed by atoms with Crippen LogP contribution < -0.4 is 10.4 Å². The summed E-state index contributed by atoms with van der Waals surface area (Å²) in [6, 6.07) is 20.4. The van der Waals surface area contributed by atoms with E-state index in [4.69, 9.17) is 13.9 Å². The van der Waals surface area contributed by atoms with E-state index in [0.717, 1.165) is 23.2 Å². The summed E-state index contributed by atoms with van der Waals surface area (Å²) in [6.45, 7) is 10.6. The van der Waals surface area contributed by atoms with Gasteiger partial charge in [-0.3, -0.25) is 0 Å². The van der Waals surface area contributed by atoms with Crippen molar-refractivity contribution in [1.82, 2.24) is 0 Å². The molecule has 0 saturated carbocycles. The van der Waals surface area contributed by atoms with Gasteiger partial charge in [0.15, 0.2) is 6.29 Å². The zero-order valence-corrected chi connectivity index (χ0v) is 21.3. The van der Waals surface area contributed by atoms with E-state index in [0.29, 0.717) is 6.61 Å². The fourth-order valence-electron chi connectivity index (χ4n) is 4.59. The molecule has 34 heavy (non-hydrogen) atoms. The van der Waals surface area contributed by atoms with Gasteiger partial charge in [-0.1, -0.05) is 87.5 Å². The molecule has 7 heteroatoms.